The second kappa shape index (κ2) is 8.31. The van der Waals surface area contributed by atoms with Gasteiger partial charge in [0.25, 0.3) is 0 Å². The standard InChI is InChI=1S/C26H23N3O4Se/c1-15-8-10-19-20(12-15)28(13-22(30)31)25(27(19)3)16(2)26-29(14-23(32)33)24-18-7-5-4-6-17(18)9-11-21(24)34-26/h4-12H,13-14H2,1-3H3,(H-,30,31,32,33)/p+1. The second-order valence-electron chi connectivity index (χ2n) is 8.50. The number of rotatable bonds is 5. The third kappa shape index (κ3) is 3.56. The Bertz CT molecular complexity index is 1520. The number of allylic oxidation sites excluding steroid dienone is 1. The van der Waals surface area contributed by atoms with E-state index >= 15 is 0 Å². The summed E-state index contributed by atoms with van der Waals surface area (Å²) in [5.41, 5.74) is 4.65. The first-order valence-corrected chi connectivity index (χ1v) is 12.6. The number of aryl methyl sites for hydroxylation is 1. The summed E-state index contributed by atoms with van der Waals surface area (Å²) in [6.07, 6.45) is 0. The molecule has 0 saturated carbocycles. The van der Waals surface area contributed by atoms with Gasteiger partial charge in [-0.05, 0) is 0 Å². The van der Waals surface area contributed by atoms with Gasteiger partial charge in [0.15, 0.2) is 0 Å². The molecule has 34 heavy (non-hydrogen) atoms. The van der Waals surface area contributed by atoms with Gasteiger partial charge in [0.05, 0.1) is 0 Å². The Morgan fingerprint density at radius 1 is 1.00 bits per heavy atom. The summed E-state index contributed by atoms with van der Waals surface area (Å²) >= 11 is -0.133. The molecule has 0 aliphatic carbocycles. The summed E-state index contributed by atoms with van der Waals surface area (Å²) < 4.78 is 3.97. The minimum absolute atomic E-state index is 0.133. The number of carboxylic acids is 2. The number of hydrogen-bond acceptors (Lipinski definition) is 4. The molecule has 2 N–H and O–H groups in total. The summed E-state index contributed by atoms with van der Waals surface area (Å²) in [6, 6.07) is 18.2. The van der Waals surface area contributed by atoms with Gasteiger partial charge in [0.2, 0.25) is 0 Å². The van der Waals surface area contributed by atoms with Crippen LogP contribution in [0.25, 0.3) is 26.1 Å². The normalized spacial score (nSPS) is 14.7. The number of carboxylic acid groups (broad SMARTS) is 2. The first kappa shape index (κ1) is 22.2. The Labute approximate surface area is 202 Å². The van der Waals surface area contributed by atoms with Crippen LogP contribution < -0.4 is 14.4 Å². The van der Waals surface area contributed by atoms with Gasteiger partial charge in [-0.1, -0.05) is 0 Å². The number of anilines is 2. The molecule has 0 radical (unpaired) electrons. The van der Waals surface area contributed by atoms with Crippen molar-refractivity contribution in [3.8, 4) is 0 Å². The third-order valence-corrected chi connectivity index (χ3v) is 8.85. The van der Waals surface area contributed by atoms with Crippen LogP contribution in [0.4, 0.5) is 11.4 Å². The summed E-state index contributed by atoms with van der Waals surface area (Å²) in [5.74, 6) is -1.06. The summed E-state index contributed by atoms with van der Waals surface area (Å²) in [4.78, 5) is 27.6. The van der Waals surface area contributed by atoms with E-state index in [-0.39, 0.29) is 27.6 Å². The molecule has 1 aliphatic rings. The van der Waals surface area contributed by atoms with Crippen molar-refractivity contribution >= 4 is 63.9 Å². The number of nitrogens with zero attached hydrogens (tertiary/aromatic N) is 3. The molecule has 4 aromatic rings. The quantitative estimate of drug-likeness (QED) is 0.309. The molecule has 5 rings (SSSR count). The number of hydrogen-bond donors (Lipinski definition) is 2. The van der Waals surface area contributed by atoms with Crippen LogP contribution in [0, 0.1) is 6.92 Å². The average molecular weight is 521 g/mol. The molecule has 7 nitrogen and oxygen atoms in total. The van der Waals surface area contributed by atoms with E-state index in [0.717, 1.165) is 53.4 Å². The summed E-state index contributed by atoms with van der Waals surface area (Å²) in [7, 11) is 1.93. The summed E-state index contributed by atoms with van der Waals surface area (Å²) in [5, 5.41) is 21.5. The predicted octanol–water partition coefficient (Wildman–Crippen LogP) is 3.46. The molecule has 2 heterocycles. The van der Waals surface area contributed by atoms with Crippen LogP contribution in [0.3, 0.4) is 0 Å². The Morgan fingerprint density at radius 2 is 1.76 bits per heavy atom. The summed E-state index contributed by atoms with van der Waals surface area (Å²) in [6.45, 7) is 3.62. The maximum absolute atomic E-state index is 11.9. The number of fused-ring (bicyclic) bond motifs is 4. The van der Waals surface area contributed by atoms with Crippen LogP contribution in [-0.2, 0) is 16.1 Å². The SMILES string of the molecule is CC(=C1N(C)c2ccc(C)cc2N1CC(=O)O)c1[se]c2ccc3ccccc3c2[n+]1CC(=O)O. The molecule has 0 amide bonds. The fourth-order valence-electron chi connectivity index (χ4n) is 4.81. The Hall–Kier alpha value is -3.61. The molecule has 0 unspecified atom stereocenters. The molecule has 0 bridgehead atoms. The topological polar surface area (TPSA) is 85.0 Å². The van der Waals surface area contributed by atoms with E-state index in [1.807, 2.05) is 77.7 Å². The average Bonchev–Trinajstić information content (AvgIpc) is 3.28. The molecular weight excluding hydrogens is 497 g/mol. The molecule has 0 saturated heterocycles. The Kier molecular flexibility index (Phi) is 5.42. The first-order valence-electron chi connectivity index (χ1n) is 10.9. The van der Waals surface area contributed by atoms with Gasteiger partial charge in [-0.3, -0.25) is 0 Å². The van der Waals surface area contributed by atoms with Crippen LogP contribution in [0.5, 0.6) is 0 Å². The molecule has 0 spiro atoms. The maximum atomic E-state index is 11.9. The van der Waals surface area contributed by atoms with Crippen molar-refractivity contribution in [3.63, 3.8) is 0 Å². The van der Waals surface area contributed by atoms with Crippen molar-refractivity contribution in [3.05, 3.63) is 70.5 Å². The second-order valence-corrected chi connectivity index (χ2v) is 10.7. The van der Waals surface area contributed by atoms with E-state index < -0.39 is 11.9 Å². The molecular formula is C26H24N3O4Se+. The predicted molar refractivity (Wildman–Crippen MR) is 133 cm³/mol. The molecule has 3 aromatic carbocycles. The third-order valence-electron chi connectivity index (χ3n) is 6.18. The van der Waals surface area contributed by atoms with Crippen molar-refractivity contribution in [1.29, 1.82) is 0 Å². The van der Waals surface area contributed by atoms with E-state index in [9.17, 15) is 19.8 Å². The zero-order valence-corrected chi connectivity index (χ0v) is 20.8. The minimum atomic E-state index is -0.924. The van der Waals surface area contributed by atoms with Crippen molar-refractivity contribution in [1.82, 2.24) is 0 Å². The van der Waals surface area contributed by atoms with Gasteiger partial charge >= 0.3 is 203 Å². The molecule has 1 aromatic heterocycles. The van der Waals surface area contributed by atoms with Crippen molar-refractivity contribution < 1.29 is 24.4 Å². The molecule has 0 fully saturated rings. The van der Waals surface area contributed by atoms with Gasteiger partial charge in [-0.2, -0.15) is 0 Å². The van der Waals surface area contributed by atoms with Crippen LogP contribution >= 0.6 is 0 Å². The van der Waals surface area contributed by atoms with E-state index in [1.54, 1.807) is 0 Å². The van der Waals surface area contributed by atoms with Crippen LogP contribution in [-0.4, -0.2) is 50.2 Å². The number of carbonyl (C=O) groups is 2. The number of benzene rings is 3. The van der Waals surface area contributed by atoms with Crippen molar-refractivity contribution in [2.24, 2.45) is 0 Å². The number of aromatic nitrogens is 1. The van der Waals surface area contributed by atoms with E-state index in [0.29, 0.717) is 0 Å². The fraction of sp³-hybridized carbons (Fsp3) is 0.192. The van der Waals surface area contributed by atoms with Gasteiger partial charge in [0, 0.05) is 0 Å². The fourth-order valence-corrected chi connectivity index (χ4v) is 7.27. The zero-order valence-electron chi connectivity index (χ0n) is 19.1. The van der Waals surface area contributed by atoms with Crippen LogP contribution in [0.15, 0.2) is 60.4 Å². The van der Waals surface area contributed by atoms with Crippen molar-refractivity contribution in [2.75, 3.05) is 23.4 Å². The Balaban J connectivity index is 1.80. The van der Waals surface area contributed by atoms with E-state index in [1.165, 1.54) is 0 Å². The zero-order chi connectivity index (χ0) is 24.1. The van der Waals surface area contributed by atoms with Gasteiger partial charge in [0.1, 0.15) is 0 Å². The molecule has 172 valence electrons. The monoisotopic (exact) mass is 522 g/mol. The van der Waals surface area contributed by atoms with Crippen molar-refractivity contribution in [2.45, 2.75) is 20.4 Å². The van der Waals surface area contributed by atoms with Gasteiger partial charge in [-0.25, -0.2) is 0 Å². The first-order chi connectivity index (χ1) is 16.3. The molecule has 0 atom stereocenters. The van der Waals surface area contributed by atoms with Crippen LogP contribution in [0.2, 0.25) is 0 Å². The van der Waals surface area contributed by atoms with Gasteiger partial charge < -0.3 is 0 Å². The van der Waals surface area contributed by atoms with E-state index in [4.69, 9.17) is 0 Å². The van der Waals surface area contributed by atoms with E-state index in [2.05, 4.69) is 12.1 Å². The molecule has 8 heteroatoms. The Morgan fingerprint density at radius 3 is 2.50 bits per heavy atom. The van der Waals surface area contributed by atoms with Gasteiger partial charge in [-0.15, -0.1) is 0 Å². The number of aliphatic carboxylic acids is 2. The van der Waals surface area contributed by atoms with Crippen LogP contribution in [0.1, 0.15) is 17.1 Å². The molecule has 1 aliphatic heterocycles.